The highest BCUT2D eigenvalue weighted by Crippen LogP contribution is 2.15. The molecule has 2 fully saturated rings. The topological polar surface area (TPSA) is 146 Å². The number of halogens is 3. The van der Waals surface area contributed by atoms with Gasteiger partial charge in [-0.3, -0.25) is 4.79 Å². The quantitative estimate of drug-likeness (QED) is 0.326. The minimum atomic E-state index is -1.04. The molecule has 3 amide bonds. The monoisotopic (exact) mass is 602 g/mol. The summed E-state index contributed by atoms with van der Waals surface area (Å²) in [7, 11) is 0. The first-order chi connectivity index (χ1) is 17.9. The van der Waals surface area contributed by atoms with Crippen molar-refractivity contribution in [3.8, 4) is 0 Å². The van der Waals surface area contributed by atoms with Crippen LogP contribution in [0.2, 0.25) is 0 Å². The van der Waals surface area contributed by atoms with E-state index in [0.717, 1.165) is 6.42 Å². The summed E-state index contributed by atoms with van der Waals surface area (Å²) in [4.78, 5) is 47.1. The first kappa shape index (κ1) is 39.7. The third-order valence-electron chi connectivity index (χ3n) is 5.01. The number of carbonyl (C=O) groups excluding carboxylic acids is 3. The van der Waals surface area contributed by atoms with Crippen LogP contribution in [0.4, 0.5) is 18.4 Å². The average molecular weight is 603 g/mol. The molecular formula is C26H49ClF2N4O7. The number of carboxylic acids is 1. The van der Waals surface area contributed by atoms with Crippen molar-refractivity contribution in [2.24, 2.45) is 0 Å². The van der Waals surface area contributed by atoms with Gasteiger partial charge in [0.05, 0.1) is 13.1 Å². The largest absolute Gasteiger partial charge is 0.480 e. The van der Waals surface area contributed by atoms with Crippen LogP contribution in [0.1, 0.15) is 81.1 Å². The highest BCUT2D eigenvalue weighted by atomic mass is 35.5. The standard InChI is InChI=1S/C13H23FN2O3.C10H19NO4.C3H6FN.ClH/c1-5-6-10(11(17)16-7-9(14)8-16)15-12(18)19-13(2,3)4;1-5-6-7(8(12)13)11-9(14)15-10(2,3)4;4-3-1-5-2-3;/h9-10H,5-8H2,1-4H3,(H,15,18);7H,5-6H2,1-4H3,(H,11,14)(H,12,13);3,5H,1-2H2;1H/t10-;7-;;/m11../s1. The van der Waals surface area contributed by atoms with E-state index < -0.39 is 53.8 Å². The van der Waals surface area contributed by atoms with Crippen LogP contribution >= 0.6 is 12.4 Å². The summed E-state index contributed by atoms with van der Waals surface area (Å²) in [5.41, 5.74) is -1.22. The van der Waals surface area contributed by atoms with Crippen LogP contribution in [-0.4, -0.2) is 95.9 Å². The fraction of sp³-hybridized carbons (Fsp3) is 0.846. The Kier molecular flexibility index (Phi) is 18.7. The molecule has 2 heterocycles. The molecule has 2 atom stereocenters. The van der Waals surface area contributed by atoms with Crippen molar-refractivity contribution in [2.45, 2.75) is 117 Å². The summed E-state index contributed by atoms with van der Waals surface area (Å²) < 4.78 is 34.3. The van der Waals surface area contributed by atoms with Crippen LogP contribution in [-0.2, 0) is 19.1 Å². The lowest BCUT2D eigenvalue weighted by atomic mass is 10.1. The highest BCUT2D eigenvalue weighted by Gasteiger charge is 2.35. The Hall–Kier alpha value is -2.41. The van der Waals surface area contributed by atoms with Crippen molar-refractivity contribution in [3.05, 3.63) is 0 Å². The van der Waals surface area contributed by atoms with Gasteiger partial charge in [-0.25, -0.2) is 23.2 Å². The number of nitrogens with zero attached hydrogens (tertiary/aromatic N) is 1. The second-order valence-electron chi connectivity index (χ2n) is 11.4. The SMILES string of the molecule is CCC[C@@H](NC(=O)OC(C)(C)C)C(=O)N1CC(F)C1.CCC[C@@H](NC(=O)OC(C)(C)C)C(=O)O.Cl.FC1CNC1. The number of hydrogen-bond donors (Lipinski definition) is 4. The number of aliphatic carboxylic acids is 1. The van der Waals surface area contributed by atoms with Crippen LogP contribution < -0.4 is 16.0 Å². The Balaban J connectivity index is 0. The molecular weight excluding hydrogens is 554 g/mol. The number of ether oxygens (including phenoxy) is 2. The van der Waals surface area contributed by atoms with Gasteiger partial charge in [0, 0.05) is 13.1 Å². The lowest BCUT2D eigenvalue weighted by molar-refractivity contribution is -0.141. The zero-order chi connectivity index (χ0) is 30.4. The minimum absolute atomic E-state index is 0. The fourth-order valence-corrected chi connectivity index (χ4v) is 3.07. The lowest BCUT2D eigenvalue weighted by Crippen LogP contribution is -2.58. The van der Waals surface area contributed by atoms with E-state index in [1.54, 1.807) is 41.5 Å². The zero-order valence-electron chi connectivity index (χ0n) is 25.0. The third kappa shape index (κ3) is 18.8. The smallest absolute Gasteiger partial charge is 0.408 e. The second-order valence-corrected chi connectivity index (χ2v) is 11.4. The number of amides is 3. The molecule has 0 aromatic heterocycles. The number of carboxylic acid groups (broad SMARTS) is 1. The van der Waals surface area contributed by atoms with E-state index >= 15 is 0 Å². The molecule has 236 valence electrons. The molecule has 2 saturated heterocycles. The molecule has 14 heteroatoms. The van der Waals surface area contributed by atoms with Crippen LogP contribution in [0, 0.1) is 0 Å². The van der Waals surface area contributed by atoms with Crippen molar-refractivity contribution in [3.63, 3.8) is 0 Å². The number of likely N-dealkylation sites (tertiary alicyclic amines) is 1. The molecule has 0 aromatic carbocycles. The molecule has 11 nitrogen and oxygen atoms in total. The average Bonchev–Trinajstić information content (AvgIpc) is 2.72. The molecule has 0 aliphatic carbocycles. The van der Waals surface area contributed by atoms with Gasteiger partial charge in [0.1, 0.15) is 35.6 Å². The number of alkyl carbamates (subject to hydrolysis) is 2. The zero-order valence-corrected chi connectivity index (χ0v) is 25.8. The van der Waals surface area contributed by atoms with Crippen LogP contribution in [0.15, 0.2) is 0 Å². The van der Waals surface area contributed by atoms with E-state index in [9.17, 15) is 28.0 Å². The predicted octanol–water partition coefficient (Wildman–Crippen LogP) is 3.97. The third-order valence-corrected chi connectivity index (χ3v) is 5.01. The molecule has 40 heavy (non-hydrogen) atoms. The van der Waals surface area contributed by atoms with Gasteiger partial charge in [-0.05, 0) is 54.4 Å². The minimum Gasteiger partial charge on any atom is -0.480 e. The Morgan fingerprint density at radius 3 is 1.50 bits per heavy atom. The van der Waals surface area contributed by atoms with Crippen molar-refractivity contribution in [1.82, 2.24) is 20.9 Å². The summed E-state index contributed by atoms with van der Waals surface area (Å²) in [6.45, 7) is 15.6. The van der Waals surface area contributed by atoms with E-state index in [1.165, 1.54) is 4.90 Å². The number of hydrogen-bond acceptors (Lipinski definition) is 7. The molecule has 0 radical (unpaired) electrons. The van der Waals surface area contributed by atoms with Crippen molar-refractivity contribution < 1.29 is 42.5 Å². The maximum Gasteiger partial charge on any atom is 0.408 e. The number of rotatable bonds is 8. The van der Waals surface area contributed by atoms with Gasteiger partial charge in [-0.1, -0.05) is 26.7 Å². The molecule has 2 aliphatic rings. The van der Waals surface area contributed by atoms with Gasteiger partial charge >= 0.3 is 18.2 Å². The summed E-state index contributed by atoms with van der Waals surface area (Å²) in [6.07, 6.45) is -0.436. The Bertz CT molecular complexity index is 784. The van der Waals surface area contributed by atoms with Gasteiger partial charge in [0.25, 0.3) is 0 Å². The maximum atomic E-state index is 12.8. The molecule has 2 aliphatic heterocycles. The summed E-state index contributed by atoms with van der Waals surface area (Å²) in [5, 5.41) is 16.4. The fourth-order valence-electron chi connectivity index (χ4n) is 3.07. The first-order valence-electron chi connectivity index (χ1n) is 13.4. The second kappa shape index (κ2) is 18.8. The molecule has 0 spiro atoms. The van der Waals surface area contributed by atoms with E-state index in [-0.39, 0.29) is 31.4 Å². The Morgan fingerprint density at radius 1 is 0.850 bits per heavy atom. The molecule has 2 rings (SSSR count). The van der Waals surface area contributed by atoms with Crippen molar-refractivity contribution in [1.29, 1.82) is 0 Å². The number of alkyl halides is 2. The predicted molar refractivity (Wildman–Crippen MR) is 150 cm³/mol. The van der Waals surface area contributed by atoms with Gasteiger partial charge in [-0.2, -0.15) is 0 Å². The van der Waals surface area contributed by atoms with E-state index in [4.69, 9.17) is 14.6 Å². The molecule has 0 aromatic rings. The van der Waals surface area contributed by atoms with Crippen LogP contribution in [0.25, 0.3) is 0 Å². The Morgan fingerprint density at radius 2 is 1.23 bits per heavy atom. The van der Waals surface area contributed by atoms with Crippen molar-refractivity contribution >= 4 is 36.5 Å². The molecule has 0 unspecified atom stereocenters. The van der Waals surface area contributed by atoms with E-state index in [1.807, 2.05) is 13.8 Å². The molecule has 4 N–H and O–H groups in total. The van der Waals surface area contributed by atoms with E-state index in [0.29, 0.717) is 32.4 Å². The van der Waals surface area contributed by atoms with Gasteiger partial charge in [0.2, 0.25) is 5.91 Å². The number of carbonyl (C=O) groups is 4. The molecule has 0 bridgehead atoms. The van der Waals surface area contributed by atoms with Gasteiger partial charge < -0.3 is 35.4 Å². The van der Waals surface area contributed by atoms with Gasteiger partial charge in [-0.15, -0.1) is 12.4 Å². The highest BCUT2D eigenvalue weighted by molar-refractivity contribution is 5.86. The van der Waals surface area contributed by atoms with E-state index in [2.05, 4.69) is 16.0 Å². The first-order valence-corrected chi connectivity index (χ1v) is 13.4. The number of nitrogens with one attached hydrogen (secondary N) is 3. The van der Waals surface area contributed by atoms with Crippen molar-refractivity contribution in [2.75, 3.05) is 26.2 Å². The van der Waals surface area contributed by atoms with Gasteiger partial charge in [0.15, 0.2) is 0 Å². The molecule has 0 saturated carbocycles. The summed E-state index contributed by atoms with van der Waals surface area (Å²) in [5.74, 6) is -1.27. The van der Waals surface area contributed by atoms with Crippen LogP contribution in [0.5, 0.6) is 0 Å². The summed E-state index contributed by atoms with van der Waals surface area (Å²) >= 11 is 0. The maximum absolute atomic E-state index is 12.8. The lowest BCUT2D eigenvalue weighted by Gasteiger charge is -2.37. The summed E-state index contributed by atoms with van der Waals surface area (Å²) in [6, 6.07) is -1.50. The van der Waals surface area contributed by atoms with Crippen LogP contribution in [0.3, 0.4) is 0 Å². The Labute approximate surface area is 242 Å². The normalized spacial score (nSPS) is 16.5.